The summed E-state index contributed by atoms with van der Waals surface area (Å²) in [4.78, 5) is 58.1. The number of nitrogens with zero attached hydrogens (tertiary/aromatic N) is 6. The second kappa shape index (κ2) is 12.9. The number of aromatic nitrogens is 5. The Balaban J connectivity index is 1.33. The van der Waals surface area contributed by atoms with Gasteiger partial charge in [0.2, 0.25) is 11.8 Å². The second-order valence-corrected chi connectivity index (χ2v) is 11.7. The lowest BCUT2D eigenvalue weighted by molar-refractivity contribution is -0.119. The highest BCUT2D eigenvalue weighted by molar-refractivity contribution is 6.39. The Morgan fingerprint density at radius 2 is 1.91 bits per heavy atom. The molecule has 0 spiro atoms. The molecule has 2 amide bonds. The number of fused-ring (bicyclic) bond motifs is 1. The van der Waals surface area contributed by atoms with Crippen LogP contribution in [0.15, 0.2) is 59.7 Å². The lowest BCUT2D eigenvalue weighted by atomic mass is 10.00. The van der Waals surface area contributed by atoms with Gasteiger partial charge in [-0.2, -0.15) is 0 Å². The number of nitrogens with one attached hydrogen (secondary N) is 1. The van der Waals surface area contributed by atoms with Crippen LogP contribution in [0.3, 0.4) is 0 Å². The van der Waals surface area contributed by atoms with Crippen LogP contribution in [0.4, 0.5) is 4.79 Å². The SMILES string of the molecule is COc1nc(-c2cccc(-c3ccnc(-c4cc5c(=O)n(C)c(C=O)nn5c4)c3Cl)c2Cl)ccc1CN(CC1CCC(=O)N1)C(=O)O. The van der Waals surface area contributed by atoms with Crippen molar-refractivity contribution in [2.24, 2.45) is 7.05 Å². The maximum atomic E-state index is 12.8. The molecule has 4 aromatic heterocycles. The second-order valence-electron chi connectivity index (χ2n) is 10.9. The van der Waals surface area contributed by atoms with Crippen LogP contribution in [-0.2, 0) is 18.4 Å². The molecule has 0 bridgehead atoms. The molecule has 2 N–H and O–H groups in total. The predicted molar refractivity (Wildman–Crippen MR) is 174 cm³/mol. The summed E-state index contributed by atoms with van der Waals surface area (Å²) in [6.07, 6.45) is 3.47. The van der Waals surface area contributed by atoms with Crippen molar-refractivity contribution >= 4 is 47.0 Å². The predicted octanol–water partition coefficient (Wildman–Crippen LogP) is 4.71. The van der Waals surface area contributed by atoms with Crippen molar-refractivity contribution in [2.45, 2.75) is 25.4 Å². The van der Waals surface area contributed by atoms with Gasteiger partial charge in [0.05, 0.1) is 35.1 Å². The van der Waals surface area contributed by atoms with Crippen LogP contribution in [0.2, 0.25) is 10.0 Å². The van der Waals surface area contributed by atoms with Gasteiger partial charge in [-0.1, -0.05) is 41.4 Å². The standard InChI is InChI=1S/C32H27Cl2N7O6/c1-39-25(16-42)38-41-14-18(12-24(41)31(39)44)29-28(34)21(10-11-35-29)20-4-3-5-22(27(20)33)23-8-6-17(30(37-23)47-2)13-40(32(45)46)15-19-7-9-26(43)36-19/h3-6,8,10-12,14,16,19H,7,9,13,15H2,1-2H3,(H,36,43)(H,45,46). The van der Waals surface area contributed by atoms with E-state index in [1.165, 1.54) is 23.6 Å². The quantitative estimate of drug-likeness (QED) is 0.211. The number of hydrogen-bond donors (Lipinski definition) is 2. The van der Waals surface area contributed by atoms with Crippen LogP contribution in [0, 0.1) is 0 Å². The third kappa shape index (κ3) is 6.02. The summed E-state index contributed by atoms with van der Waals surface area (Å²) in [6.45, 7) is 0.148. The van der Waals surface area contributed by atoms with Gasteiger partial charge in [-0.25, -0.2) is 14.3 Å². The number of aldehydes is 1. The van der Waals surface area contributed by atoms with E-state index in [0.29, 0.717) is 63.4 Å². The van der Waals surface area contributed by atoms with E-state index in [2.05, 4.69) is 20.4 Å². The maximum absolute atomic E-state index is 12.8. The Morgan fingerprint density at radius 1 is 1.15 bits per heavy atom. The van der Waals surface area contributed by atoms with E-state index in [9.17, 15) is 24.3 Å². The Bertz CT molecular complexity index is 2130. The molecule has 1 unspecified atom stereocenters. The molecule has 1 aliphatic heterocycles. The van der Waals surface area contributed by atoms with Gasteiger partial charge in [0, 0.05) is 66.3 Å². The minimum atomic E-state index is -1.13. The van der Waals surface area contributed by atoms with E-state index >= 15 is 0 Å². The summed E-state index contributed by atoms with van der Waals surface area (Å²) < 4.78 is 8.03. The van der Waals surface area contributed by atoms with E-state index in [-0.39, 0.29) is 47.3 Å². The van der Waals surface area contributed by atoms with Gasteiger partial charge in [-0.3, -0.25) is 23.9 Å². The van der Waals surface area contributed by atoms with E-state index in [0.717, 1.165) is 4.57 Å². The molecule has 1 atom stereocenters. The first-order valence-corrected chi connectivity index (χ1v) is 15.1. The van der Waals surface area contributed by atoms with Crippen molar-refractivity contribution in [3.8, 4) is 39.5 Å². The number of hydrogen-bond acceptors (Lipinski definition) is 8. The number of benzene rings is 1. The van der Waals surface area contributed by atoms with Gasteiger partial charge in [-0.15, -0.1) is 5.10 Å². The van der Waals surface area contributed by atoms with Gasteiger partial charge in [0.25, 0.3) is 5.56 Å². The van der Waals surface area contributed by atoms with Crippen molar-refractivity contribution in [3.63, 3.8) is 0 Å². The van der Waals surface area contributed by atoms with Crippen LogP contribution >= 0.6 is 23.2 Å². The number of methoxy groups -OCH3 is 1. The minimum Gasteiger partial charge on any atom is -0.481 e. The number of carboxylic acid groups (broad SMARTS) is 1. The van der Waals surface area contributed by atoms with E-state index in [1.807, 2.05) is 0 Å². The average molecular weight is 677 g/mol. The van der Waals surface area contributed by atoms with Crippen molar-refractivity contribution in [1.82, 2.24) is 34.4 Å². The first-order valence-electron chi connectivity index (χ1n) is 14.4. The summed E-state index contributed by atoms with van der Waals surface area (Å²) in [5.74, 6) is 0.107. The minimum absolute atomic E-state index is 0.00836. The first kappa shape index (κ1) is 31.7. The third-order valence-electron chi connectivity index (χ3n) is 8.00. The van der Waals surface area contributed by atoms with Crippen LogP contribution in [0.1, 0.15) is 29.0 Å². The van der Waals surface area contributed by atoms with Crippen LogP contribution in [-0.4, -0.2) is 72.1 Å². The largest absolute Gasteiger partial charge is 0.481 e. The third-order valence-corrected chi connectivity index (χ3v) is 8.79. The van der Waals surface area contributed by atoms with Gasteiger partial charge >= 0.3 is 6.09 Å². The molecule has 5 aromatic rings. The summed E-state index contributed by atoms with van der Waals surface area (Å²) in [7, 11) is 2.92. The number of amides is 2. The summed E-state index contributed by atoms with van der Waals surface area (Å²) >= 11 is 13.9. The van der Waals surface area contributed by atoms with Gasteiger partial charge in [-0.05, 0) is 30.7 Å². The van der Waals surface area contributed by atoms with Gasteiger partial charge in [0.1, 0.15) is 5.52 Å². The molecule has 0 radical (unpaired) electrons. The van der Waals surface area contributed by atoms with E-state index in [4.69, 9.17) is 27.9 Å². The fraction of sp³-hybridized carbons (Fsp3) is 0.219. The fourth-order valence-electron chi connectivity index (χ4n) is 5.58. The van der Waals surface area contributed by atoms with Gasteiger partial charge in [0.15, 0.2) is 12.1 Å². The molecule has 6 rings (SSSR count). The molecule has 1 fully saturated rings. The molecule has 47 heavy (non-hydrogen) atoms. The smallest absolute Gasteiger partial charge is 0.407 e. The molecule has 1 saturated heterocycles. The molecular weight excluding hydrogens is 649 g/mol. The van der Waals surface area contributed by atoms with Gasteiger partial charge < -0.3 is 20.1 Å². The molecule has 13 nitrogen and oxygen atoms in total. The Morgan fingerprint density at radius 3 is 2.62 bits per heavy atom. The highest BCUT2D eigenvalue weighted by atomic mass is 35.5. The number of carbonyl (C=O) groups excluding carboxylic acids is 2. The highest BCUT2D eigenvalue weighted by Crippen LogP contribution is 2.41. The number of rotatable bonds is 9. The molecular formula is C32H27Cl2N7O6. The average Bonchev–Trinajstić information content (AvgIpc) is 3.68. The molecule has 1 aliphatic rings. The topological polar surface area (TPSA) is 161 Å². The van der Waals surface area contributed by atoms with E-state index < -0.39 is 11.7 Å². The number of pyridine rings is 2. The molecule has 1 aromatic carbocycles. The summed E-state index contributed by atoms with van der Waals surface area (Å²) in [5, 5.41) is 17.4. The number of halogens is 2. The zero-order chi connectivity index (χ0) is 33.4. The Kier molecular flexibility index (Phi) is 8.67. The summed E-state index contributed by atoms with van der Waals surface area (Å²) in [5.41, 5.74) is 3.53. The molecule has 0 aliphatic carbocycles. The Labute approximate surface area is 277 Å². The number of carbonyl (C=O) groups is 3. The van der Waals surface area contributed by atoms with Crippen molar-refractivity contribution in [3.05, 3.63) is 86.6 Å². The maximum Gasteiger partial charge on any atom is 0.407 e. The van der Waals surface area contributed by atoms with Crippen molar-refractivity contribution < 1.29 is 24.2 Å². The van der Waals surface area contributed by atoms with Crippen molar-refractivity contribution in [1.29, 1.82) is 0 Å². The lowest BCUT2D eigenvalue weighted by Gasteiger charge is -2.23. The highest BCUT2D eigenvalue weighted by Gasteiger charge is 2.26. The Hall–Kier alpha value is -5.27. The zero-order valence-corrected chi connectivity index (χ0v) is 26.6. The molecule has 15 heteroatoms. The molecule has 5 heterocycles. The van der Waals surface area contributed by atoms with Crippen LogP contribution < -0.4 is 15.6 Å². The van der Waals surface area contributed by atoms with Crippen molar-refractivity contribution in [2.75, 3.05) is 13.7 Å². The first-order chi connectivity index (χ1) is 22.6. The summed E-state index contributed by atoms with van der Waals surface area (Å²) in [6, 6.07) is 11.9. The monoisotopic (exact) mass is 675 g/mol. The lowest BCUT2D eigenvalue weighted by Crippen LogP contribution is -2.41. The van der Waals surface area contributed by atoms with Crippen LogP contribution in [0.5, 0.6) is 5.88 Å². The normalized spacial score (nSPS) is 14.3. The van der Waals surface area contributed by atoms with E-state index in [1.54, 1.807) is 54.9 Å². The zero-order valence-electron chi connectivity index (χ0n) is 25.1. The molecule has 0 saturated carbocycles. The molecule has 240 valence electrons. The van der Waals surface area contributed by atoms with Crippen LogP contribution in [0.25, 0.3) is 39.2 Å². The number of ether oxygens (including phenoxy) is 1. The fourth-order valence-corrected chi connectivity index (χ4v) is 6.23.